The smallest absolute Gasteiger partial charge is 0.330 e. The SMILES string of the molecule is CCCCCCCSCCCCCCCC(C(O)CP(=O)(O)OCCC)C1CCCCC1. The maximum Gasteiger partial charge on any atom is 0.330 e. The van der Waals surface area contributed by atoms with Gasteiger partial charge in [-0.2, -0.15) is 11.8 Å². The molecule has 1 aliphatic rings. The van der Waals surface area contributed by atoms with Gasteiger partial charge in [0.15, 0.2) is 0 Å². The zero-order valence-electron chi connectivity index (χ0n) is 21.1. The van der Waals surface area contributed by atoms with Crippen LogP contribution in [0.15, 0.2) is 0 Å². The van der Waals surface area contributed by atoms with Crippen LogP contribution in [-0.2, 0) is 9.09 Å². The second kappa shape index (κ2) is 19.7. The van der Waals surface area contributed by atoms with Crippen LogP contribution in [0, 0.1) is 11.8 Å². The van der Waals surface area contributed by atoms with Gasteiger partial charge in [-0.1, -0.05) is 97.3 Å². The van der Waals surface area contributed by atoms with E-state index in [1.165, 1.54) is 88.6 Å². The second-order valence-corrected chi connectivity index (χ2v) is 13.0. The lowest BCUT2D eigenvalue weighted by Crippen LogP contribution is -2.32. The average Bonchev–Trinajstić information content (AvgIpc) is 2.78. The standard InChI is InChI=1S/C26H53O4PS/c1-3-5-6-9-15-21-32-22-16-10-7-8-14-19-25(24-17-12-11-13-18-24)26(27)23-31(28,29)30-20-4-2/h24-27H,3-23H2,1-2H3,(H,28,29). The third kappa shape index (κ3) is 15.4. The van der Waals surface area contributed by atoms with Crippen LogP contribution >= 0.6 is 19.4 Å². The third-order valence-electron chi connectivity index (χ3n) is 6.88. The van der Waals surface area contributed by atoms with Gasteiger partial charge in [0.2, 0.25) is 0 Å². The second-order valence-electron chi connectivity index (χ2n) is 9.87. The van der Waals surface area contributed by atoms with Gasteiger partial charge in [-0.25, -0.2) is 0 Å². The number of unbranched alkanes of at least 4 members (excludes halogenated alkanes) is 8. The zero-order chi connectivity index (χ0) is 23.5. The van der Waals surface area contributed by atoms with Gasteiger partial charge in [-0.05, 0) is 49.0 Å². The van der Waals surface area contributed by atoms with Gasteiger partial charge in [0.25, 0.3) is 0 Å². The molecule has 0 aromatic heterocycles. The summed E-state index contributed by atoms with van der Waals surface area (Å²) in [5.74, 6) is 3.25. The highest BCUT2D eigenvalue weighted by Gasteiger charge is 2.34. The molecule has 0 aromatic carbocycles. The average molecular weight is 493 g/mol. The molecule has 0 spiro atoms. The molecule has 1 rings (SSSR count). The Morgan fingerprint density at radius 1 is 0.875 bits per heavy atom. The van der Waals surface area contributed by atoms with Crippen molar-refractivity contribution in [1.29, 1.82) is 0 Å². The number of thioether (sulfide) groups is 1. The van der Waals surface area contributed by atoms with Gasteiger partial charge < -0.3 is 14.5 Å². The van der Waals surface area contributed by atoms with E-state index in [2.05, 4.69) is 18.7 Å². The molecule has 0 heterocycles. The van der Waals surface area contributed by atoms with Crippen molar-refractivity contribution in [2.45, 2.75) is 129 Å². The van der Waals surface area contributed by atoms with Crippen molar-refractivity contribution >= 4 is 19.4 Å². The van der Waals surface area contributed by atoms with Crippen LogP contribution in [0.25, 0.3) is 0 Å². The summed E-state index contributed by atoms with van der Waals surface area (Å²) in [7, 11) is -3.69. The molecular formula is C26H53O4PS. The normalized spacial score (nSPS) is 19.0. The number of rotatable bonds is 21. The van der Waals surface area contributed by atoms with Crippen molar-refractivity contribution in [2.75, 3.05) is 24.3 Å². The van der Waals surface area contributed by atoms with E-state index in [0.29, 0.717) is 12.3 Å². The number of hydrogen-bond acceptors (Lipinski definition) is 4. The first-order valence-electron chi connectivity index (χ1n) is 13.7. The van der Waals surface area contributed by atoms with Gasteiger partial charge in [0.05, 0.1) is 18.9 Å². The van der Waals surface area contributed by atoms with E-state index in [-0.39, 0.29) is 18.7 Å². The van der Waals surface area contributed by atoms with Crippen LogP contribution in [0.4, 0.5) is 0 Å². The van der Waals surface area contributed by atoms with Crippen LogP contribution in [0.5, 0.6) is 0 Å². The van der Waals surface area contributed by atoms with Crippen LogP contribution in [0.1, 0.15) is 123 Å². The van der Waals surface area contributed by atoms with Crippen molar-refractivity contribution in [3.63, 3.8) is 0 Å². The lowest BCUT2D eigenvalue weighted by atomic mass is 9.75. The summed E-state index contributed by atoms with van der Waals surface area (Å²) in [5.41, 5.74) is 0. The summed E-state index contributed by atoms with van der Waals surface area (Å²) in [4.78, 5) is 10.1. The predicted molar refractivity (Wildman–Crippen MR) is 141 cm³/mol. The minimum atomic E-state index is -3.69. The van der Waals surface area contributed by atoms with Crippen molar-refractivity contribution in [3.8, 4) is 0 Å². The van der Waals surface area contributed by atoms with Crippen molar-refractivity contribution < 1.29 is 19.1 Å². The van der Waals surface area contributed by atoms with E-state index >= 15 is 0 Å². The molecule has 0 aliphatic heterocycles. The van der Waals surface area contributed by atoms with Crippen molar-refractivity contribution in [3.05, 3.63) is 0 Å². The first-order valence-corrected chi connectivity index (χ1v) is 16.6. The van der Waals surface area contributed by atoms with Crippen molar-refractivity contribution in [1.82, 2.24) is 0 Å². The number of aliphatic hydroxyl groups excluding tert-OH is 1. The maximum absolute atomic E-state index is 12.3. The van der Waals surface area contributed by atoms with Gasteiger partial charge in [0, 0.05) is 0 Å². The molecule has 192 valence electrons. The molecule has 4 nitrogen and oxygen atoms in total. The molecule has 0 bridgehead atoms. The van der Waals surface area contributed by atoms with E-state index in [4.69, 9.17) is 4.52 Å². The molecule has 0 saturated heterocycles. The van der Waals surface area contributed by atoms with Crippen LogP contribution < -0.4 is 0 Å². The molecule has 3 atom stereocenters. The fraction of sp³-hybridized carbons (Fsp3) is 1.00. The Labute approximate surface area is 203 Å². The molecule has 0 aromatic rings. The minimum Gasteiger partial charge on any atom is -0.392 e. The highest BCUT2D eigenvalue weighted by Crippen LogP contribution is 2.45. The lowest BCUT2D eigenvalue weighted by Gasteiger charge is -2.34. The van der Waals surface area contributed by atoms with Gasteiger partial charge in [-0.15, -0.1) is 0 Å². The molecule has 6 heteroatoms. The predicted octanol–water partition coefficient (Wildman–Crippen LogP) is 8.20. The Morgan fingerprint density at radius 3 is 2.09 bits per heavy atom. The Hall–Kier alpha value is 0.460. The third-order valence-corrected chi connectivity index (χ3v) is 9.46. The Bertz CT molecular complexity index is 471. The topological polar surface area (TPSA) is 66.8 Å². The summed E-state index contributed by atoms with van der Waals surface area (Å²) in [6, 6.07) is 0. The highest BCUT2D eigenvalue weighted by atomic mass is 32.2. The summed E-state index contributed by atoms with van der Waals surface area (Å²) in [6.07, 6.45) is 20.0. The van der Waals surface area contributed by atoms with Crippen LogP contribution in [-0.4, -0.2) is 40.4 Å². The van der Waals surface area contributed by atoms with E-state index < -0.39 is 13.7 Å². The van der Waals surface area contributed by atoms with E-state index in [9.17, 15) is 14.6 Å². The molecule has 1 fully saturated rings. The molecule has 3 unspecified atom stereocenters. The maximum atomic E-state index is 12.3. The van der Waals surface area contributed by atoms with E-state index in [1.807, 2.05) is 6.92 Å². The monoisotopic (exact) mass is 492 g/mol. The molecular weight excluding hydrogens is 439 g/mol. The fourth-order valence-corrected chi connectivity index (χ4v) is 7.32. The summed E-state index contributed by atoms with van der Waals surface area (Å²) >= 11 is 2.12. The quantitative estimate of drug-likeness (QED) is 0.125. The minimum absolute atomic E-state index is 0.107. The van der Waals surface area contributed by atoms with Crippen LogP contribution in [0.2, 0.25) is 0 Å². The lowest BCUT2D eigenvalue weighted by molar-refractivity contribution is 0.0621. The molecule has 2 N–H and O–H groups in total. The van der Waals surface area contributed by atoms with Crippen LogP contribution in [0.3, 0.4) is 0 Å². The van der Waals surface area contributed by atoms with Gasteiger partial charge >= 0.3 is 7.60 Å². The summed E-state index contributed by atoms with van der Waals surface area (Å²) in [5, 5.41) is 10.9. The Kier molecular flexibility index (Phi) is 18.8. The number of aliphatic hydroxyl groups is 1. The Morgan fingerprint density at radius 2 is 1.47 bits per heavy atom. The Balaban J connectivity index is 2.23. The molecule has 0 amide bonds. The fourth-order valence-electron chi connectivity index (χ4n) is 4.99. The first-order chi connectivity index (χ1) is 15.5. The zero-order valence-corrected chi connectivity index (χ0v) is 22.9. The summed E-state index contributed by atoms with van der Waals surface area (Å²) < 4.78 is 17.5. The molecule has 1 aliphatic carbocycles. The highest BCUT2D eigenvalue weighted by molar-refractivity contribution is 7.99. The van der Waals surface area contributed by atoms with E-state index in [0.717, 1.165) is 25.7 Å². The van der Waals surface area contributed by atoms with Crippen molar-refractivity contribution in [2.24, 2.45) is 11.8 Å². The first kappa shape index (κ1) is 30.5. The largest absolute Gasteiger partial charge is 0.392 e. The molecule has 32 heavy (non-hydrogen) atoms. The number of hydrogen-bond donors (Lipinski definition) is 2. The van der Waals surface area contributed by atoms with Gasteiger partial charge in [0.1, 0.15) is 0 Å². The molecule has 0 radical (unpaired) electrons. The van der Waals surface area contributed by atoms with Gasteiger partial charge in [-0.3, -0.25) is 4.57 Å². The van der Waals surface area contributed by atoms with E-state index in [1.54, 1.807) is 0 Å². The molecule has 1 saturated carbocycles. The summed E-state index contributed by atoms with van der Waals surface area (Å²) in [6.45, 7) is 4.48.